The number of rotatable bonds is 6. The van der Waals surface area contributed by atoms with Crippen LogP contribution in [0.3, 0.4) is 0 Å². The Bertz CT molecular complexity index is 717. The molecule has 0 aliphatic heterocycles. The van der Waals surface area contributed by atoms with Crippen molar-refractivity contribution in [3.63, 3.8) is 0 Å². The second kappa shape index (κ2) is 10.7. The third kappa shape index (κ3) is 6.04. The van der Waals surface area contributed by atoms with Crippen LogP contribution < -0.4 is 10.5 Å². The third-order valence-electron chi connectivity index (χ3n) is 2.73. The van der Waals surface area contributed by atoms with Gasteiger partial charge >= 0.3 is 5.97 Å². The largest absolute Gasteiger partial charge is 0.479 e. The molecular weight excluding hydrogens is 366 g/mol. The zero-order valence-electron chi connectivity index (χ0n) is 14.2. The number of carbonyl (C=O) groups excluding carboxylic acids is 2. The molecule has 136 valence electrons. The number of nitrogens with two attached hydrogens (primary N) is 1. The maximum atomic E-state index is 11.4. The van der Waals surface area contributed by atoms with Gasteiger partial charge in [-0.2, -0.15) is 0 Å². The molecule has 0 saturated heterocycles. The van der Waals surface area contributed by atoms with Crippen LogP contribution in [0.4, 0.5) is 5.69 Å². The van der Waals surface area contributed by atoms with Gasteiger partial charge < -0.3 is 19.9 Å². The summed E-state index contributed by atoms with van der Waals surface area (Å²) in [5, 5.41) is 0.280. The first-order chi connectivity index (χ1) is 12.0. The summed E-state index contributed by atoms with van der Waals surface area (Å²) >= 11 is 7.47. The molecule has 1 aromatic carbocycles. The van der Waals surface area contributed by atoms with E-state index in [4.69, 9.17) is 26.8 Å². The number of carbonyl (C=O) groups is 2. The number of halogens is 1. The fourth-order valence-electron chi connectivity index (χ4n) is 1.82. The zero-order chi connectivity index (χ0) is 18.8. The van der Waals surface area contributed by atoms with Crippen LogP contribution in [0.25, 0.3) is 10.4 Å². The Labute approximate surface area is 155 Å². The summed E-state index contributed by atoms with van der Waals surface area (Å²) in [5.74, 6) is -0.334. The molecule has 25 heavy (non-hydrogen) atoms. The molecule has 1 heterocycles. The van der Waals surface area contributed by atoms with E-state index in [1.54, 1.807) is 39.3 Å². The van der Waals surface area contributed by atoms with Gasteiger partial charge in [-0.15, -0.1) is 11.3 Å². The van der Waals surface area contributed by atoms with E-state index in [1.165, 1.54) is 11.3 Å². The van der Waals surface area contributed by atoms with E-state index in [2.05, 4.69) is 4.74 Å². The molecule has 0 spiro atoms. The average Bonchev–Trinajstić information content (AvgIpc) is 2.90. The number of methoxy groups -OCH3 is 1. The minimum atomic E-state index is -0.521. The van der Waals surface area contributed by atoms with E-state index in [-0.39, 0.29) is 24.0 Å². The summed E-state index contributed by atoms with van der Waals surface area (Å²) < 4.78 is 14.4. The lowest BCUT2D eigenvalue weighted by atomic mass is 10.1. The van der Waals surface area contributed by atoms with E-state index >= 15 is 0 Å². The van der Waals surface area contributed by atoms with Gasteiger partial charge in [-0.25, -0.2) is 4.79 Å². The van der Waals surface area contributed by atoms with E-state index in [1.807, 2.05) is 6.07 Å². The Morgan fingerprint density at radius 1 is 1.36 bits per heavy atom. The predicted octanol–water partition coefficient (Wildman–Crippen LogP) is 3.67. The van der Waals surface area contributed by atoms with Crippen molar-refractivity contribution in [1.29, 1.82) is 0 Å². The van der Waals surface area contributed by atoms with Crippen LogP contribution in [0.1, 0.15) is 16.6 Å². The molecule has 0 unspecified atom stereocenters. The summed E-state index contributed by atoms with van der Waals surface area (Å²) in [4.78, 5) is 23.5. The topological polar surface area (TPSA) is 87.9 Å². The molecule has 0 bridgehead atoms. The lowest BCUT2D eigenvalue weighted by Gasteiger charge is -2.06. The molecule has 8 heteroatoms. The second-order valence-corrected chi connectivity index (χ2v) is 6.11. The summed E-state index contributed by atoms with van der Waals surface area (Å²) in [6.45, 7) is 1.65. The first-order valence-electron chi connectivity index (χ1n) is 7.30. The fourth-order valence-corrected chi connectivity index (χ4v) is 3.21. The molecule has 0 saturated carbocycles. The molecule has 0 atom stereocenters. The molecule has 0 aliphatic carbocycles. The predicted molar refractivity (Wildman–Crippen MR) is 99.6 cm³/mol. The molecule has 2 rings (SSSR count). The highest BCUT2D eigenvalue weighted by Crippen LogP contribution is 2.44. The lowest BCUT2D eigenvalue weighted by molar-refractivity contribution is -0.145. The first kappa shape index (κ1) is 21.0. The fraction of sp³-hybridized carbons (Fsp3) is 0.294. The van der Waals surface area contributed by atoms with E-state index < -0.39 is 5.97 Å². The molecule has 0 radical (unpaired) electrons. The summed E-state index contributed by atoms with van der Waals surface area (Å²) in [6.07, 6.45) is 0.646. The smallest absolute Gasteiger partial charge is 0.344 e. The van der Waals surface area contributed by atoms with E-state index in [0.717, 1.165) is 5.56 Å². The Balaban J connectivity index is 0.000000970. The van der Waals surface area contributed by atoms with Crippen LogP contribution in [-0.2, 0) is 14.3 Å². The monoisotopic (exact) mass is 385 g/mol. The van der Waals surface area contributed by atoms with Gasteiger partial charge in [0.05, 0.1) is 11.5 Å². The van der Waals surface area contributed by atoms with Crippen molar-refractivity contribution in [1.82, 2.24) is 0 Å². The second-order valence-electron chi connectivity index (χ2n) is 4.68. The zero-order valence-corrected chi connectivity index (χ0v) is 15.8. The molecule has 1 aromatic heterocycles. The molecule has 2 aromatic rings. The summed E-state index contributed by atoms with van der Waals surface area (Å²) in [5.41, 5.74) is 7.12. The summed E-state index contributed by atoms with van der Waals surface area (Å²) in [6, 6.07) is 7.13. The van der Waals surface area contributed by atoms with Crippen molar-refractivity contribution >= 4 is 40.9 Å². The SMILES string of the molecule is CCOC(=O)COc1c(C=O)sc(-c2cccc(N)c2)c1Cl.COC. The molecule has 0 amide bonds. The van der Waals surface area contributed by atoms with Crippen LogP contribution in [0.15, 0.2) is 24.3 Å². The highest BCUT2D eigenvalue weighted by molar-refractivity contribution is 7.18. The van der Waals surface area contributed by atoms with Crippen molar-refractivity contribution in [3.8, 4) is 16.2 Å². The number of benzene rings is 1. The maximum Gasteiger partial charge on any atom is 0.344 e. The number of thiophene rings is 1. The van der Waals surface area contributed by atoms with Gasteiger partial charge in [0.25, 0.3) is 0 Å². The highest BCUT2D eigenvalue weighted by Gasteiger charge is 2.20. The quantitative estimate of drug-likeness (QED) is 0.463. The normalized spacial score (nSPS) is 9.76. The van der Waals surface area contributed by atoms with Gasteiger partial charge in [-0.1, -0.05) is 23.7 Å². The number of esters is 1. The molecular formula is C17H20ClNO5S. The Morgan fingerprint density at radius 2 is 2.04 bits per heavy atom. The maximum absolute atomic E-state index is 11.4. The standard InChI is InChI=1S/C15H14ClNO4S.C2H6O/c1-2-20-12(19)8-21-14-11(7-18)22-15(13(14)16)9-4-3-5-10(17)6-9;1-3-2/h3-7H,2,8,17H2,1H3;1-2H3. The number of hydrogen-bond acceptors (Lipinski definition) is 7. The minimum absolute atomic E-state index is 0.187. The van der Waals surface area contributed by atoms with Crippen molar-refractivity contribution in [2.75, 3.05) is 33.2 Å². The summed E-state index contributed by atoms with van der Waals surface area (Å²) in [7, 11) is 3.25. The average molecular weight is 386 g/mol. The van der Waals surface area contributed by atoms with Gasteiger partial charge in [-0.05, 0) is 24.6 Å². The first-order valence-corrected chi connectivity index (χ1v) is 8.49. The molecule has 0 aliphatic rings. The van der Waals surface area contributed by atoms with Crippen LogP contribution in [0, 0.1) is 0 Å². The number of anilines is 1. The number of aldehydes is 1. The van der Waals surface area contributed by atoms with Gasteiger partial charge in [0, 0.05) is 19.9 Å². The van der Waals surface area contributed by atoms with Gasteiger partial charge in [0.2, 0.25) is 0 Å². The number of hydrogen-bond donors (Lipinski definition) is 1. The number of nitrogen functional groups attached to an aromatic ring is 1. The Morgan fingerprint density at radius 3 is 2.60 bits per heavy atom. The van der Waals surface area contributed by atoms with Gasteiger partial charge in [-0.3, -0.25) is 4.79 Å². The van der Waals surface area contributed by atoms with Crippen LogP contribution in [-0.4, -0.2) is 39.7 Å². The third-order valence-corrected chi connectivity index (χ3v) is 4.35. The van der Waals surface area contributed by atoms with E-state index in [9.17, 15) is 9.59 Å². The van der Waals surface area contributed by atoms with Crippen molar-refractivity contribution in [3.05, 3.63) is 34.2 Å². The van der Waals surface area contributed by atoms with Crippen LogP contribution in [0.5, 0.6) is 5.75 Å². The number of ether oxygens (including phenoxy) is 3. The van der Waals surface area contributed by atoms with Crippen molar-refractivity contribution in [2.24, 2.45) is 0 Å². The minimum Gasteiger partial charge on any atom is -0.479 e. The Hall–Kier alpha value is -2.09. The van der Waals surface area contributed by atoms with Gasteiger partial charge in [0.1, 0.15) is 9.90 Å². The molecule has 0 fully saturated rings. The van der Waals surface area contributed by atoms with Crippen molar-refractivity contribution < 1.29 is 23.8 Å². The molecule has 6 nitrogen and oxygen atoms in total. The lowest BCUT2D eigenvalue weighted by Crippen LogP contribution is -2.14. The highest BCUT2D eigenvalue weighted by atomic mass is 35.5. The van der Waals surface area contributed by atoms with Gasteiger partial charge in [0.15, 0.2) is 18.6 Å². The van der Waals surface area contributed by atoms with E-state index in [0.29, 0.717) is 21.7 Å². The Kier molecular flexibility index (Phi) is 8.98. The van der Waals surface area contributed by atoms with Crippen LogP contribution in [0.2, 0.25) is 5.02 Å². The van der Waals surface area contributed by atoms with Crippen molar-refractivity contribution in [2.45, 2.75) is 6.92 Å². The molecule has 2 N–H and O–H groups in total. The van der Waals surface area contributed by atoms with Crippen LogP contribution >= 0.6 is 22.9 Å².